The van der Waals surface area contributed by atoms with E-state index in [1.165, 1.54) is 11.8 Å². The number of para-hydroxylation sites is 1. The topological polar surface area (TPSA) is 87.7 Å². The Morgan fingerprint density at radius 1 is 0.806 bits per heavy atom. The average molecular weight is 417 g/mol. The molecule has 0 fully saturated rings. The predicted molar refractivity (Wildman–Crippen MR) is 121 cm³/mol. The largest absolute Gasteiger partial charge is 0.497 e. The van der Waals surface area contributed by atoms with Gasteiger partial charge >= 0.3 is 0 Å². The summed E-state index contributed by atoms with van der Waals surface area (Å²) in [5, 5.41) is 5.59. The van der Waals surface area contributed by atoms with Crippen LogP contribution in [0, 0.1) is 0 Å². The molecule has 0 bridgehead atoms. The quantitative estimate of drug-likeness (QED) is 0.630. The molecule has 3 aromatic rings. The molecular formula is C24H23N3O4. The Kier molecular flexibility index (Phi) is 6.67. The Morgan fingerprint density at radius 3 is 2.06 bits per heavy atom. The number of hydrogen-bond acceptors (Lipinski definition) is 4. The summed E-state index contributed by atoms with van der Waals surface area (Å²) in [7, 11) is 3.23. The molecule has 2 N–H and O–H groups in total. The number of benzene rings is 3. The Balaban J connectivity index is 1.73. The van der Waals surface area contributed by atoms with Crippen LogP contribution in [0.25, 0.3) is 0 Å². The minimum Gasteiger partial charge on any atom is -0.497 e. The van der Waals surface area contributed by atoms with Crippen molar-refractivity contribution in [1.29, 1.82) is 0 Å². The van der Waals surface area contributed by atoms with Gasteiger partial charge in [0.1, 0.15) is 5.75 Å². The number of methoxy groups -OCH3 is 1. The first kappa shape index (κ1) is 21.6. The molecule has 3 aromatic carbocycles. The Labute approximate surface area is 180 Å². The number of amides is 3. The van der Waals surface area contributed by atoms with E-state index in [1.807, 2.05) is 0 Å². The van der Waals surface area contributed by atoms with Gasteiger partial charge in [0.25, 0.3) is 11.8 Å². The van der Waals surface area contributed by atoms with E-state index in [2.05, 4.69) is 10.6 Å². The van der Waals surface area contributed by atoms with Crippen LogP contribution in [-0.4, -0.2) is 31.9 Å². The molecule has 7 heteroatoms. The van der Waals surface area contributed by atoms with E-state index in [4.69, 9.17) is 4.74 Å². The van der Waals surface area contributed by atoms with Crippen LogP contribution in [0.2, 0.25) is 0 Å². The Bertz CT molecular complexity index is 1090. The number of rotatable bonds is 6. The highest BCUT2D eigenvalue weighted by atomic mass is 16.5. The zero-order valence-electron chi connectivity index (χ0n) is 17.5. The van der Waals surface area contributed by atoms with Crippen LogP contribution in [0.4, 0.5) is 17.1 Å². The van der Waals surface area contributed by atoms with Crippen LogP contribution in [0.3, 0.4) is 0 Å². The van der Waals surface area contributed by atoms with Crippen molar-refractivity contribution >= 4 is 34.8 Å². The maximum Gasteiger partial charge on any atom is 0.257 e. The summed E-state index contributed by atoms with van der Waals surface area (Å²) in [5.41, 5.74) is 2.46. The number of ether oxygens (including phenoxy) is 1. The second kappa shape index (κ2) is 9.58. The molecule has 0 aliphatic rings. The van der Waals surface area contributed by atoms with E-state index in [1.54, 1.807) is 87.0 Å². The summed E-state index contributed by atoms with van der Waals surface area (Å²) in [6.07, 6.45) is 0. The van der Waals surface area contributed by atoms with Crippen LogP contribution in [0.15, 0.2) is 72.8 Å². The summed E-state index contributed by atoms with van der Waals surface area (Å²) in [6, 6.07) is 20.4. The van der Waals surface area contributed by atoms with E-state index >= 15 is 0 Å². The fraction of sp³-hybridized carbons (Fsp3) is 0.125. The van der Waals surface area contributed by atoms with Gasteiger partial charge in [-0.15, -0.1) is 0 Å². The van der Waals surface area contributed by atoms with Gasteiger partial charge in [-0.05, 0) is 60.7 Å². The van der Waals surface area contributed by atoms with Crippen molar-refractivity contribution in [2.45, 2.75) is 6.92 Å². The minimum absolute atomic E-state index is 0.0849. The molecule has 0 radical (unpaired) electrons. The van der Waals surface area contributed by atoms with Crippen molar-refractivity contribution in [3.05, 3.63) is 83.9 Å². The lowest BCUT2D eigenvalue weighted by atomic mass is 10.1. The number of carbonyl (C=O) groups excluding carboxylic acids is 3. The second-order valence-corrected chi connectivity index (χ2v) is 6.81. The molecule has 0 aliphatic heterocycles. The molecule has 0 aliphatic carbocycles. The van der Waals surface area contributed by atoms with Gasteiger partial charge < -0.3 is 20.3 Å². The fourth-order valence-corrected chi connectivity index (χ4v) is 2.88. The third-order valence-corrected chi connectivity index (χ3v) is 4.76. The molecule has 3 rings (SSSR count). The number of nitrogens with zero attached hydrogens (tertiary/aromatic N) is 1. The third-order valence-electron chi connectivity index (χ3n) is 4.76. The summed E-state index contributed by atoms with van der Waals surface area (Å²) >= 11 is 0. The van der Waals surface area contributed by atoms with Crippen LogP contribution < -0.4 is 20.3 Å². The molecule has 0 saturated heterocycles. The minimum atomic E-state index is -0.363. The smallest absolute Gasteiger partial charge is 0.257 e. The first-order valence-electron chi connectivity index (χ1n) is 9.59. The molecule has 0 spiro atoms. The van der Waals surface area contributed by atoms with Gasteiger partial charge in [-0.3, -0.25) is 14.4 Å². The highest BCUT2D eigenvalue weighted by Crippen LogP contribution is 2.21. The van der Waals surface area contributed by atoms with Gasteiger partial charge in [-0.25, -0.2) is 0 Å². The molecule has 0 heterocycles. The monoisotopic (exact) mass is 417 g/mol. The highest BCUT2D eigenvalue weighted by Gasteiger charge is 2.15. The molecule has 0 atom stereocenters. The molecule has 31 heavy (non-hydrogen) atoms. The van der Waals surface area contributed by atoms with Crippen LogP contribution >= 0.6 is 0 Å². The number of anilines is 3. The number of hydrogen-bond donors (Lipinski definition) is 2. The van der Waals surface area contributed by atoms with E-state index in [9.17, 15) is 14.4 Å². The van der Waals surface area contributed by atoms with Crippen molar-refractivity contribution in [2.75, 3.05) is 29.7 Å². The first-order valence-corrected chi connectivity index (χ1v) is 9.59. The van der Waals surface area contributed by atoms with E-state index in [-0.39, 0.29) is 17.7 Å². The summed E-state index contributed by atoms with van der Waals surface area (Å²) in [6.45, 7) is 1.48. The zero-order chi connectivity index (χ0) is 22.4. The summed E-state index contributed by atoms with van der Waals surface area (Å²) < 4.78 is 5.10. The zero-order valence-corrected chi connectivity index (χ0v) is 17.5. The summed E-state index contributed by atoms with van der Waals surface area (Å²) in [5.74, 6) is -0.131. The van der Waals surface area contributed by atoms with Gasteiger partial charge in [0.05, 0.1) is 18.4 Å². The van der Waals surface area contributed by atoms with Crippen molar-refractivity contribution in [2.24, 2.45) is 0 Å². The lowest BCUT2D eigenvalue weighted by Gasteiger charge is -2.16. The van der Waals surface area contributed by atoms with Crippen molar-refractivity contribution in [3.8, 4) is 5.75 Å². The lowest BCUT2D eigenvalue weighted by Crippen LogP contribution is -2.22. The van der Waals surface area contributed by atoms with Gasteiger partial charge in [-0.1, -0.05) is 12.1 Å². The third kappa shape index (κ3) is 5.27. The number of nitrogens with one attached hydrogen (secondary N) is 2. The summed E-state index contributed by atoms with van der Waals surface area (Å²) in [4.78, 5) is 38.4. The SMILES string of the molecule is COc1ccc(C(=O)Nc2ccccc2C(=O)Nc2ccc(N(C)C(C)=O)cc2)cc1. The van der Waals surface area contributed by atoms with Gasteiger partial charge in [0, 0.05) is 30.9 Å². The fourth-order valence-electron chi connectivity index (χ4n) is 2.88. The van der Waals surface area contributed by atoms with Crippen molar-refractivity contribution in [3.63, 3.8) is 0 Å². The highest BCUT2D eigenvalue weighted by molar-refractivity contribution is 6.12. The first-order chi connectivity index (χ1) is 14.9. The standard InChI is InChI=1S/C24H23N3O4/c1-16(28)27(2)19-12-10-18(11-13-19)25-24(30)21-6-4-5-7-22(21)26-23(29)17-8-14-20(31-3)15-9-17/h4-15H,1-3H3,(H,25,30)(H,26,29). The molecule has 158 valence electrons. The number of carbonyl (C=O) groups is 3. The maximum atomic E-state index is 12.8. The molecular weight excluding hydrogens is 394 g/mol. The molecule has 7 nitrogen and oxygen atoms in total. The molecule has 3 amide bonds. The van der Waals surface area contributed by atoms with Crippen LogP contribution in [-0.2, 0) is 4.79 Å². The van der Waals surface area contributed by atoms with E-state index in [0.29, 0.717) is 28.3 Å². The molecule has 0 saturated carbocycles. The van der Waals surface area contributed by atoms with Gasteiger partial charge in [0.2, 0.25) is 5.91 Å². The van der Waals surface area contributed by atoms with Crippen molar-refractivity contribution < 1.29 is 19.1 Å². The van der Waals surface area contributed by atoms with Crippen LogP contribution in [0.1, 0.15) is 27.6 Å². The predicted octanol–water partition coefficient (Wildman–Crippen LogP) is 4.18. The molecule has 0 aromatic heterocycles. The van der Waals surface area contributed by atoms with Gasteiger partial charge in [-0.2, -0.15) is 0 Å². The normalized spacial score (nSPS) is 10.2. The lowest BCUT2D eigenvalue weighted by molar-refractivity contribution is -0.116. The van der Waals surface area contributed by atoms with Crippen LogP contribution in [0.5, 0.6) is 5.75 Å². The second-order valence-electron chi connectivity index (χ2n) is 6.81. The Morgan fingerprint density at radius 2 is 1.45 bits per heavy atom. The van der Waals surface area contributed by atoms with E-state index in [0.717, 1.165) is 5.69 Å². The van der Waals surface area contributed by atoms with Gasteiger partial charge in [0.15, 0.2) is 0 Å². The molecule has 0 unspecified atom stereocenters. The van der Waals surface area contributed by atoms with Crippen molar-refractivity contribution in [1.82, 2.24) is 0 Å². The maximum absolute atomic E-state index is 12.8. The Hall–Kier alpha value is -4.13. The average Bonchev–Trinajstić information content (AvgIpc) is 2.79. The van der Waals surface area contributed by atoms with E-state index < -0.39 is 0 Å².